The molecule has 2 nitrogen and oxygen atoms in total. The molecule has 1 fully saturated rings. The molecule has 16 heavy (non-hydrogen) atoms. The van der Waals surface area contributed by atoms with E-state index in [0.717, 1.165) is 12.8 Å². The fraction of sp³-hybridized carbons (Fsp3) is 0.857. The van der Waals surface area contributed by atoms with Gasteiger partial charge in [-0.2, -0.15) is 0 Å². The first-order chi connectivity index (χ1) is 7.76. The smallest absolute Gasteiger partial charge is 0.0240 e. The Morgan fingerprint density at radius 1 is 1.50 bits per heavy atom. The molecule has 2 N–H and O–H groups in total. The van der Waals surface area contributed by atoms with E-state index in [1.165, 1.54) is 32.2 Å². The third-order valence-electron chi connectivity index (χ3n) is 3.43. The summed E-state index contributed by atoms with van der Waals surface area (Å²) in [5.41, 5.74) is 0. The monoisotopic (exact) mass is 222 g/mol. The molecule has 0 saturated carbocycles. The summed E-state index contributed by atoms with van der Waals surface area (Å²) in [6, 6.07) is 1.76. The first-order valence-electron chi connectivity index (χ1n) is 6.69. The maximum atomic E-state index is 5.36. The van der Waals surface area contributed by atoms with Crippen molar-refractivity contribution in [1.82, 2.24) is 10.6 Å². The summed E-state index contributed by atoms with van der Waals surface area (Å²) in [6.07, 6.45) is 12.6. The summed E-state index contributed by atoms with van der Waals surface area (Å²) in [6.45, 7) is 5.66. The van der Waals surface area contributed by atoms with Gasteiger partial charge in [-0.25, -0.2) is 0 Å². The molecular weight excluding hydrogens is 196 g/mol. The molecule has 3 unspecified atom stereocenters. The maximum absolute atomic E-state index is 5.36. The molecule has 1 saturated heterocycles. The number of terminal acetylenes is 1. The Morgan fingerprint density at radius 3 is 2.88 bits per heavy atom. The summed E-state index contributed by atoms with van der Waals surface area (Å²) in [4.78, 5) is 0. The molecule has 0 radical (unpaired) electrons. The SMILES string of the molecule is C#CCC(CC)NC(C)CC1CCCCN1. The summed E-state index contributed by atoms with van der Waals surface area (Å²) >= 11 is 0. The van der Waals surface area contributed by atoms with E-state index in [9.17, 15) is 0 Å². The molecule has 3 atom stereocenters. The van der Waals surface area contributed by atoms with Crippen LogP contribution in [-0.4, -0.2) is 24.7 Å². The van der Waals surface area contributed by atoms with Gasteiger partial charge in [-0.1, -0.05) is 13.3 Å². The van der Waals surface area contributed by atoms with E-state index in [1.54, 1.807) is 0 Å². The van der Waals surface area contributed by atoms with Crippen molar-refractivity contribution in [2.24, 2.45) is 0 Å². The van der Waals surface area contributed by atoms with Gasteiger partial charge in [-0.05, 0) is 39.2 Å². The van der Waals surface area contributed by atoms with Crippen molar-refractivity contribution in [3.63, 3.8) is 0 Å². The van der Waals surface area contributed by atoms with Crippen LogP contribution in [0.25, 0.3) is 0 Å². The van der Waals surface area contributed by atoms with Crippen molar-refractivity contribution in [3.05, 3.63) is 0 Å². The second-order valence-corrected chi connectivity index (χ2v) is 4.96. The lowest BCUT2D eigenvalue weighted by Crippen LogP contribution is -2.42. The molecule has 0 aliphatic carbocycles. The fourth-order valence-corrected chi connectivity index (χ4v) is 2.49. The lowest BCUT2D eigenvalue weighted by atomic mass is 9.98. The van der Waals surface area contributed by atoms with E-state index in [4.69, 9.17) is 6.42 Å². The van der Waals surface area contributed by atoms with E-state index < -0.39 is 0 Å². The Balaban J connectivity index is 2.22. The van der Waals surface area contributed by atoms with Gasteiger partial charge in [0, 0.05) is 24.5 Å². The number of piperidine rings is 1. The van der Waals surface area contributed by atoms with Gasteiger partial charge in [-0.15, -0.1) is 12.3 Å². The van der Waals surface area contributed by atoms with Gasteiger partial charge in [0.2, 0.25) is 0 Å². The van der Waals surface area contributed by atoms with Crippen LogP contribution in [-0.2, 0) is 0 Å². The van der Waals surface area contributed by atoms with Gasteiger partial charge >= 0.3 is 0 Å². The van der Waals surface area contributed by atoms with Crippen molar-refractivity contribution in [2.75, 3.05) is 6.54 Å². The van der Waals surface area contributed by atoms with Gasteiger partial charge in [0.05, 0.1) is 0 Å². The lowest BCUT2D eigenvalue weighted by molar-refractivity contribution is 0.327. The van der Waals surface area contributed by atoms with Crippen molar-refractivity contribution in [3.8, 4) is 12.3 Å². The largest absolute Gasteiger partial charge is 0.314 e. The van der Waals surface area contributed by atoms with E-state index in [2.05, 4.69) is 30.4 Å². The van der Waals surface area contributed by atoms with Gasteiger partial charge < -0.3 is 10.6 Å². The summed E-state index contributed by atoms with van der Waals surface area (Å²) in [5.74, 6) is 2.75. The highest BCUT2D eigenvalue weighted by Gasteiger charge is 2.17. The molecule has 1 aliphatic heterocycles. The molecule has 1 heterocycles. The zero-order valence-electron chi connectivity index (χ0n) is 10.8. The van der Waals surface area contributed by atoms with Crippen LogP contribution < -0.4 is 10.6 Å². The average molecular weight is 222 g/mol. The van der Waals surface area contributed by atoms with Crippen LogP contribution in [0, 0.1) is 12.3 Å². The Labute approximate surface area is 101 Å². The normalized spacial score (nSPS) is 24.7. The van der Waals surface area contributed by atoms with E-state index >= 15 is 0 Å². The first-order valence-corrected chi connectivity index (χ1v) is 6.69. The van der Waals surface area contributed by atoms with Crippen LogP contribution in [0.2, 0.25) is 0 Å². The number of hydrogen-bond donors (Lipinski definition) is 2. The highest BCUT2D eigenvalue weighted by Crippen LogP contribution is 2.12. The van der Waals surface area contributed by atoms with E-state index in [1.807, 2.05) is 0 Å². The second kappa shape index (κ2) is 7.70. The molecule has 0 aromatic carbocycles. The molecule has 0 amide bonds. The van der Waals surface area contributed by atoms with Crippen LogP contribution in [0.15, 0.2) is 0 Å². The summed E-state index contributed by atoms with van der Waals surface area (Å²) in [5, 5.41) is 7.23. The molecule has 2 heteroatoms. The molecule has 1 rings (SSSR count). The van der Waals surface area contributed by atoms with E-state index in [-0.39, 0.29) is 0 Å². The van der Waals surface area contributed by atoms with Crippen molar-refractivity contribution in [1.29, 1.82) is 0 Å². The van der Waals surface area contributed by atoms with Crippen LogP contribution in [0.3, 0.4) is 0 Å². The predicted octanol–water partition coefficient (Wildman–Crippen LogP) is 2.30. The molecule has 0 aromatic heterocycles. The van der Waals surface area contributed by atoms with Crippen molar-refractivity contribution in [2.45, 2.75) is 70.5 Å². The summed E-state index contributed by atoms with van der Waals surface area (Å²) < 4.78 is 0. The van der Waals surface area contributed by atoms with Gasteiger partial charge in [0.15, 0.2) is 0 Å². The zero-order valence-corrected chi connectivity index (χ0v) is 10.8. The quantitative estimate of drug-likeness (QED) is 0.674. The van der Waals surface area contributed by atoms with Crippen molar-refractivity contribution >= 4 is 0 Å². The van der Waals surface area contributed by atoms with Crippen molar-refractivity contribution < 1.29 is 0 Å². The molecule has 1 aliphatic rings. The van der Waals surface area contributed by atoms with Crippen LogP contribution in [0.1, 0.15) is 52.4 Å². The third kappa shape index (κ3) is 5.01. The summed E-state index contributed by atoms with van der Waals surface area (Å²) in [7, 11) is 0. The zero-order chi connectivity index (χ0) is 11.8. The maximum Gasteiger partial charge on any atom is 0.0240 e. The molecule has 0 bridgehead atoms. The highest BCUT2D eigenvalue weighted by molar-refractivity contribution is 4.90. The minimum absolute atomic E-state index is 0.489. The van der Waals surface area contributed by atoms with Crippen LogP contribution >= 0.6 is 0 Å². The van der Waals surface area contributed by atoms with E-state index in [0.29, 0.717) is 18.1 Å². The molecule has 0 spiro atoms. The minimum atomic E-state index is 0.489. The molecule has 92 valence electrons. The molecular formula is C14H26N2. The Morgan fingerprint density at radius 2 is 2.31 bits per heavy atom. The third-order valence-corrected chi connectivity index (χ3v) is 3.43. The lowest BCUT2D eigenvalue weighted by Gasteiger charge is -2.28. The van der Waals surface area contributed by atoms with Gasteiger partial charge in [0.1, 0.15) is 0 Å². The second-order valence-electron chi connectivity index (χ2n) is 4.96. The Hall–Kier alpha value is -0.520. The Kier molecular flexibility index (Phi) is 6.52. The minimum Gasteiger partial charge on any atom is -0.314 e. The fourth-order valence-electron chi connectivity index (χ4n) is 2.49. The van der Waals surface area contributed by atoms with Crippen LogP contribution in [0.4, 0.5) is 0 Å². The van der Waals surface area contributed by atoms with Crippen LogP contribution in [0.5, 0.6) is 0 Å². The first kappa shape index (κ1) is 13.5. The van der Waals surface area contributed by atoms with Gasteiger partial charge in [0.25, 0.3) is 0 Å². The average Bonchev–Trinajstić information content (AvgIpc) is 2.29. The predicted molar refractivity (Wildman–Crippen MR) is 70.4 cm³/mol. The van der Waals surface area contributed by atoms with Gasteiger partial charge in [-0.3, -0.25) is 0 Å². The Bertz CT molecular complexity index is 213. The molecule has 0 aromatic rings. The standard InChI is InChI=1S/C14H26N2/c1-4-8-13(5-2)16-12(3)11-14-9-6-7-10-15-14/h1,12-16H,5-11H2,2-3H3. The topological polar surface area (TPSA) is 24.1 Å². The number of rotatable bonds is 6. The highest BCUT2D eigenvalue weighted by atomic mass is 15.0. The number of nitrogens with one attached hydrogen (secondary N) is 2. The number of hydrogen-bond acceptors (Lipinski definition) is 2.